The first kappa shape index (κ1) is 13.6. The molecule has 2 aromatic rings. The van der Waals surface area contributed by atoms with Crippen LogP contribution in [0.2, 0.25) is 0 Å². The van der Waals surface area contributed by atoms with Gasteiger partial charge in [0.2, 0.25) is 0 Å². The Morgan fingerprint density at radius 1 is 1.11 bits per heavy atom. The highest BCUT2D eigenvalue weighted by Crippen LogP contribution is 2.19. The molecule has 0 aliphatic carbocycles. The Morgan fingerprint density at radius 3 is 2.37 bits per heavy atom. The van der Waals surface area contributed by atoms with E-state index in [1.165, 1.54) is 6.07 Å². The van der Waals surface area contributed by atoms with E-state index >= 15 is 0 Å². The molecule has 0 saturated carbocycles. The predicted molar refractivity (Wildman–Crippen MR) is 75.8 cm³/mol. The van der Waals surface area contributed by atoms with Gasteiger partial charge in [-0.15, -0.1) is 0 Å². The normalized spacial score (nSPS) is 12.2. The minimum Gasteiger partial charge on any atom is -0.386 e. The highest BCUT2D eigenvalue weighted by Gasteiger charge is 2.11. The van der Waals surface area contributed by atoms with Gasteiger partial charge in [0.25, 0.3) is 0 Å². The molecule has 0 fully saturated rings. The molecule has 3 heteroatoms. The number of anilines is 1. The molecule has 2 rings (SSSR count). The van der Waals surface area contributed by atoms with Crippen LogP contribution in [0, 0.1) is 19.7 Å². The van der Waals surface area contributed by atoms with Crippen LogP contribution in [-0.2, 0) is 0 Å². The van der Waals surface area contributed by atoms with E-state index in [0.29, 0.717) is 5.56 Å². The molecule has 0 aromatic heterocycles. The van der Waals surface area contributed by atoms with Crippen LogP contribution in [-0.4, -0.2) is 11.7 Å². The first-order valence-electron chi connectivity index (χ1n) is 6.31. The number of rotatable bonds is 4. The van der Waals surface area contributed by atoms with Crippen LogP contribution in [0.4, 0.5) is 10.1 Å². The molecule has 0 saturated heterocycles. The smallest absolute Gasteiger partial charge is 0.129 e. The second-order valence-corrected chi connectivity index (χ2v) is 4.79. The topological polar surface area (TPSA) is 32.3 Å². The van der Waals surface area contributed by atoms with E-state index in [1.54, 1.807) is 18.2 Å². The van der Waals surface area contributed by atoms with Gasteiger partial charge in [-0.05, 0) is 43.2 Å². The summed E-state index contributed by atoms with van der Waals surface area (Å²) >= 11 is 0. The first-order valence-corrected chi connectivity index (χ1v) is 6.31. The van der Waals surface area contributed by atoms with Crippen molar-refractivity contribution in [3.05, 3.63) is 65.0 Å². The van der Waals surface area contributed by atoms with Gasteiger partial charge in [-0.2, -0.15) is 0 Å². The van der Waals surface area contributed by atoms with Crippen molar-refractivity contribution in [2.45, 2.75) is 20.0 Å². The second-order valence-electron chi connectivity index (χ2n) is 4.79. The fourth-order valence-corrected chi connectivity index (χ4v) is 2.15. The van der Waals surface area contributed by atoms with Crippen LogP contribution < -0.4 is 5.32 Å². The molecule has 0 radical (unpaired) electrons. The fourth-order valence-electron chi connectivity index (χ4n) is 2.15. The van der Waals surface area contributed by atoms with E-state index in [0.717, 1.165) is 16.8 Å². The van der Waals surface area contributed by atoms with Crippen molar-refractivity contribution in [1.82, 2.24) is 0 Å². The van der Waals surface area contributed by atoms with Crippen molar-refractivity contribution < 1.29 is 9.50 Å². The molecule has 1 atom stereocenters. The third kappa shape index (κ3) is 3.55. The van der Waals surface area contributed by atoms with Gasteiger partial charge in [-0.3, -0.25) is 0 Å². The molecule has 19 heavy (non-hydrogen) atoms. The number of aryl methyl sites for hydroxylation is 2. The third-order valence-corrected chi connectivity index (χ3v) is 2.99. The number of aliphatic hydroxyl groups excluding tert-OH is 1. The molecule has 2 N–H and O–H groups in total. The monoisotopic (exact) mass is 259 g/mol. The van der Waals surface area contributed by atoms with E-state index in [1.807, 2.05) is 26.0 Å². The maximum absolute atomic E-state index is 13.5. The van der Waals surface area contributed by atoms with Gasteiger partial charge in [0, 0.05) is 17.8 Å². The summed E-state index contributed by atoms with van der Waals surface area (Å²) < 4.78 is 13.5. The third-order valence-electron chi connectivity index (χ3n) is 2.99. The van der Waals surface area contributed by atoms with Crippen LogP contribution >= 0.6 is 0 Å². The average molecular weight is 259 g/mol. The number of nitrogens with one attached hydrogen (secondary N) is 1. The molecular formula is C16H18FNO. The van der Waals surface area contributed by atoms with Crippen LogP contribution in [0.15, 0.2) is 42.5 Å². The predicted octanol–water partition coefficient (Wildman–Crippen LogP) is 3.59. The van der Waals surface area contributed by atoms with Crippen molar-refractivity contribution in [1.29, 1.82) is 0 Å². The van der Waals surface area contributed by atoms with Gasteiger partial charge in [0.15, 0.2) is 0 Å². The number of aliphatic hydroxyl groups is 1. The first-order chi connectivity index (χ1) is 9.06. The summed E-state index contributed by atoms with van der Waals surface area (Å²) in [6, 6.07) is 12.4. The number of halogens is 1. The van der Waals surface area contributed by atoms with Crippen molar-refractivity contribution in [2.75, 3.05) is 11.9 Å². The average Bonchev–Trinajstić information content (AvgIpc) is 2.35. The Bertz CT molecular complexity index is 548. The van der Waals surface area contributed by atoms with E-state index < -0.39 is 6.10 Å². The van der Waals surface area contributed by atoms with E-state index in [-0.39, 0.29) is 12.4 Å². The SMILES string of the molecule is Cc1cc(C)cc(NCC(O)c2ccccc2F)c1. The molecule has 100 valence electrons. The number of hydrogen-bond donors (Lipinski definition) is 2. The van der Waals surface area contributed by atoms with Gasteiger partial charge >= 0.3 is 0 Å². The minimum absolute atomic E-state index is 0.282. The Kier molecular flexibility index (Phi) is 4.17. The minimum atomic E-state index is -0.859. The maximum atomic E-state index is 13.5. The van der Waals surface area contributed by atoms with Crippen molar-refractivity contribution in [3.63, 3.8) is 0 Å². The summed E-state index contributed by atoms with van der Waals surface area (Å²) in [4.78, 5) is 0. The molecule has 0 heterocycles. The zero-order chi connectivity index (χ0) is 13.8. The van der Waals surface area contributed by atoms with Crippen LogP contribution in [0.3, 0.4) is 0 Å². The summed E-state index contributed by atoms with van der Waals surface area (Å²) in [5.74, 6) is -0.378. The number of benzene rings is 2. The summed E-state index contributed by atoms with van der Waals surface area (Å²) in [5.41, 5.74) is 3.57. The molecular weight excluding hydrogens is 241 g/mol. The van der Waals surface area contributed by atoms with E-state index in [2.05, 4.69) is 11.4 Å². The maximum Gasteiger partial charge on any atom is 0.129 e. The van der Waals surface area contributed by atoms with Crippen LogP contribution in [0.25, 0.3) is 0 Å². The Labute approximate surface area is 112 Å². The lowest BCUT2D eigenvalue weighted by molar-refractivity contribution is 0.186. The standard InChI is InChI=1S/C16H18FNO/c1-11-7-12(2)9-13(8-11)18-10-16(19)14-5-3-4-6-15(14)17/h3-9,16,18-19H,10H2,1-2H3. The Hall–Kier alpha value is -1.87. The van der Waals surface area contributed by atoms with Gasteiger partial charge in [-0.1, -0.05) is 24.3 Å². The highest BCUT2D eigenvalue weighted by molar-refractivity contribution is 5.48. The second kappa shape index (κ2) is 5.85. The van der Waals surface area contributed by atoms with Gasteiger partial charge in [0.05, 0.1) is 6.10 Å². The lowest BCUT2D eigenvalue weighted by Crippen LogP contribution is -2.13. The largest absolute Gasteiger partial charge is 0.386 e. The molecule has 0 spiro atoms. The molecule has 0 bridgehead atoms. The molecule has 1 unspecified atom stereocenters. The zero-order valence-electron chi connectivity index (χ0n) is 11.2. The summed E-state index contributed by atoms with van der Waals surface area (Å²) in [6.07, 6.45) is -0.859. The Balaban J connectivity index is 2.04. The lowest BCUT2D eigenvalue weighted by Gasteiger charge is -2.14. The molecule has 2 aromatic carbocycles. The number of hydrogen-bond acceptors (Lipinski definition) is 2. The molecule has 0 amide bonds. The van der Waals surface area contributed by atoms with Gasteiger partial charge < -0.3 is 10.4 Å². The molecule has 0 aliphatic heterocycles. The fraction of sp³-hybridized carbons (Fsp3) is 0.250. The van der Waals surface area contributed by atoms with Gasteiger partial charge in [-0.25, -0.2) is 4.39 Å². The van der Waals surface area contributed by atoms with Crippen LogP contribution in [0.1, 0.15) is 22.8 Å². The zero-order valence-corrected chi connectivity index (χ0v) is 11.2. The lowest BCUT2D eigenvalue weighted by atomic mass is 10.1. The quantitative estimate of drug-likeness (QED) is 0.879. The summed E-state index contributed by atoms with van der Waals surface area (Å²) in [6.45, 7) is 4.32. The summed E-state index contributed by atoms with van der Waals surface area (Å²) in [7, 11) is 0. The van der Waals surface area contributed by atoms with E-state index in [9.17, 15) is 9.50 Å². The summed E-state index contributed by atoms with van der Waals surface area (Å²) in [5, 5.41) is 13.1. The molecule has 0 aliphatic rings. The molecule has 2 nitrogen and oxygen atoms in total. The van der Waals surface area contributed by atoms with Crippen LogP contribution in [0.5, 0.6) is 0 Å². The Morgan fingerprint density at radius 2 is 1.74 bits per heavy atom. The van der Waals surface area contributed by atoms with E-state index in [4.69, 9.17) is 0 Å². The van der Waals surface area contributed by atoms with Crippen molar-refractivity contribution in [3.8, 4) is 0 Å². The van der Waals surface area contributed by atoms with Crippen molar-refractivity contribution in [2.24, 2.45) is 0 Å². The van der Waals surface area contributed by atoms with Gasteiger partial charge in [0.1, 0.15) is 5.82 Å². The highest BCUT2D eigenvalue weighted by atomic mass is 19.1. The van der Waals surface area contributed by atoms with Crippen molar-refractivity contribution >= 4 is 5.69 Å².